The predicted octanol–water partition coefficient (Wildman–Crippen LogP) is 6.10. The topological polar surface area (TPSA) is 80.9 Å². The van der Waals surface area contributed by atoms with Gasteiger partial charge in [0, 0.05) is 23.5 Å². The van der Waals surface area contributed by atoms with Gasteiger partial charge >= 0.3 is 0 Å². The van der Waals surface area contributed by atoms with Crippen LogP contribution in [-0.4, -0.2) is 21.9 Å². The molecule has 0 radical (unpaired) electrons. The number of aromatic nitrogens is 2. The molecule has 0 spiro atoms. The van der Waals surface area contributed by atoms with Crippen molar-refractivity contribution >= 4 is 22.9 Å². The van der Waals surface area contributed by atoms with Crippen LogP contribution in [0.2, 0.25) is 0 Å². The Morgan fingerprint density at radius 2 is 1.90 bits per heavy atom. The van der Waals surface area contributed by atoms with E-state index in [0.29, 0.717) is 23.4 Å². The number of rotatable bonds is 4. The summed E-state index contributed by atoms with van der Waals surface area (Å²) in [4.78, 5) is 21.8. The van der Waals surface area contributed by atoms with Gasteiger partial charge < -0.3 is 11.1 Å². The second-order valence-electron chi connectivity index (χ2n) is 8.59. The van der Waals surface area contributed by atoms with Crippen molar-refractivity contribution in [2.75, 3.05) is 5.32 Å². The van der Waals surface area contributed by atoms with Crippen molar-refractivity contribution in [1.82, 2.24) is 9.97 Å². The molecule has 3 N–H and O–H groups in total. The average molecular weight is 429 g/mol. The van der Waals surface area contributed by atoms with E-state index in [-0.39, 0.29) is 11.9 Å². The maximum Gasteiger partial charge on any atom is 0.275 e. The van der Waals surface area contributed by atoms with E-state index < -0.39 is 0 Å². The summed E-state index contributed by atoms with van der Waals surface area (Å²) in [5.41, 5.74) is 8.72. The molecule has 3 unspecified atom stereocenters. The van der Waals surface area contributed by atoms with Crippen molar-refractivity contribution in [2.45, 2.75) is 90.0 Å². The van der Waals surface area contributed by atoms with E-state index in [2.05, 4.69) is 22.2 Å². The zero-order chi connectivity index (χ0) is 21.5. The van der Waals surface area contributed by atoms with Crippen LogP contribution in [0.5, 0.6) is 0 Å². The van der Waals surface area contributed by atoms with Crippen LogP contribution in [0.3, 0.4) is 0 Å². The number of amides is 1. The number of pyridine rings is 1. The number of nitrogens with zero attached hydrogens (tertiary/aromatic N) is 2. The molecule has 6 heteroatoms. The number of hydrogen-bond acceptors (Lipinski definition) is 5. The Kier molecular flexibility index (Phi) is 8.40. The molecule has 0 aliphatic heterocycles. The standard InChI is InChI=1S/C22H30N4OS.C2H6/c1-14-9-16(11-17(23)10-14)18-7-8-24-12-19(18)25-21(27)20-13-28-22(26-20)15-5-3-2-4-6-15;1-2/h7-8,12-17H,2-6,9-11,23H2,1H3,(H,25,27);1-2H3. The molecule has 2 fully saturated rings. The van der Waals surface area contributed by atoms with E-state index >= 15 is 0 Å². The van der Waals surface area contributed by atoms with Gasteiger partial charge in [-0.1, -0.05) is 40.0 Å². The number of thiazole rings is 1. The van der Waals surface area contributed by atoms with Crippen LogP contribution >= 0.6 is 11.3 Å². The van der Waals surface area contributed by atoms with Crippen molar-refractivity contribution in [1.29, 1.82) is 0 Å². The van der Waals surface area contributed by atoms with Crippen molar-refractivity contribution < 1.29 is 4.79 Å². The van der Waals surface area contributed by atoms with E-state index in [1.807, 2.05) is 25.3 Å². The quantitative estimate of drug-likeness (QED) is 0.617. The molecule has 5 nitrogen and oxygen atoms in total. The van der Waals surface area contributed by atoms with E-state index in [4.69, 9.17) is 5.73 Å². The van der Waals surface area contributed by atoms with Gasteiger partial charge in [0.2, 0.25) is 0 Å². The van der Waals surface area contributed by atoms with Crippen LogP contribution in [0, 0.1) is 5.92 Å². The molecule has 3 atom stereocenters. The lowest BCUT2D eigenvalue weighted by Gasteiger charge is -2.32. The molecule has 2 heterocycles. The number of nitrogens with one attached hydrogen (secondary N) is 1. The highest BCUT2D eigenvalue weighted by atomic mass is 32.1. The number of nitrogens with two attached hydrogens (primary N) is 1. The Morgan fingerprint density at radius 1 is 1.13 bits per heavy atom. The summed E-state index contributed by atoms with van der Waals surface area (Å²) in [7, 11) is 0. The third-order valence-corrected chi connectivity index (χ3v) is 7.24. The molecule has 2 saturated carbocycles. The molecule has 2 aromatic rings. The number of carbonyl (C=O) groups is 1. The van der Waals surface area contributed by atoms with Gasteiger partial charge in [0.15, 0.2) is 0 Å². The molecule has 4 rings (SSSR count). The SMILES string of the molecule is CC.CC1CC(N)CC(c2ccncc2NC(=O)c2csc(C3CCCCC3)n2)C1. The highest BCUT2D eigenvalue weighted by molar-refractivity contribution is 7.09. The van der Waals surface area contributed by atoms with Gasteiger partial charge in [-0.25, -0.2) is 4.98 Å². The van der Waals surface area contributed by atoms with Crippen LogP contribution in [-0.2, 0) is 0 Å². The second kappa shape index (κ2) is 11.0. The maximum absolute atomic E-state index is 12.9. The van der Waals surface area contributed by atoms with Gasteiger partial charge in [0.1, 0.15) is 5.69 Å². The first kappa shape index (κ1) is 22.9. The van der Waals surface area contributed by atoms with Crippen LogP contribution < -0.4 is 11.1 Å². The first-order chi connectivity index (χ1) is 14.6. The Labute approximate surface area is 184 Å². The van der Waals surface area contributed by atoms with Gasteiger partial charge in [-0.15, -0.1) is 11.3 Å². The van der Waals surface area contributed by atoms with Crippen LogP contribution in [0.4, 0.5) is 5.69 Å². The fourth-order valence-electron chi connectivity index (χ4n) is 4.89. The highest BCUT2D eigenvalue weighted by Crippen LogP contribution is 2.38. The predicted molar refractivity (Wildman–Crippen MR) is 125 cm³/mol. The zero-order valence-corrected chi connectivity index (χ0v) is 19.4. The number of hydrogen-bond donors (Lipinski definition) is 2. The van der Waals surface area contributed by atoms with Gasteiger partial charge in [-0.05, 0) is 55.6 Å². The zero-order valence-electron chi connectivity index (χ0n) is 18.6. The Balaban J connectivity index is 0.00000124. The summed E-state index contributed by atoms with van der Waals surface area (Å²) in [5, 5.41) is 6.08. The van der Waals surface area contributed by atoms with E-state index in [0.717, 1.165) is 35.5 Å². The van der Waals surface area contributed by atoms with E-state index in [9.17, 15) is 4.79 Å². The van der Waals surface area contributed by atoms with Crippen LogP contribution in [0.25, 0.3) is 0 Å². The fourth-order valence-corrected chi connectivity index (χ4v) is 5.86. The fraction of sp³-hybridized carbons (Fsp3) is 0.625. The van der Waals surface area contributed by atoms with Crippen molar-refractivity contribution in [3.05, 3.63) is 40.1 Å². The molecule has 2 aliphatic rings. The monoisotopic (exact) mass is 428 g/mol. The minimum absolute atomic E-state index is 0.138. The molecular weight excluding hydrogens is 392 g/mol. The summed E-state index contributed by atoms with van der Waals surface area (Å²) in [6.45, 7) is 6.26. The third-order valence-electron chi connectivity index (χ3n) is 6.23. The maximum atomic E-state index is 12.9. The summed E-state index contributed by atoms with van der Waals surface area (Å²) < 4.78 is 0. The molecule has 164 valence electrons. The molecule has 0 aromatic carbocycles. The Morgan fingerprint density at radius 3 is 2.63 bits per heavy atom. The van der Waals surface area contributed by atoms with Gasteiger partial charge in [0.25, 0.3) is 5.91 Å². The molecule has 2 aliphatic carbocycles. The molecular formula is C24H36N4OS. The molecule has 1 amide bonds. The molecule has 30 heavy (non-hydrogen) atoms. The lowest BCUT2D eigenvalue weighted by Crippen LogP contribution is -2.31. The summed E-state index contributed by atoms with van der Waals surface area (Å²) in [6, 6.07) is 2.25. The van der Waals surface area contributed by atoms with Crippen molar-refractivity contribution in [3.63, 3.8) is 0 Å². The molecule has 0 bridgehead atoms. The minimum atomic E-state index is -0.138. The molecule has 2 aromatic heterocycles. The second-order valence-corrected chi connectivity index (χ2v) is 9.48. The number of anilines is 1. The first-order valence-electron chi connectivity index (χ1n) is 11.6. The first-order valence-corrected chi connectivity index (χ1v) is 12.4. The highest BCUT2D eigenvalue weighted by Gasteiger charge is 2.28. The van der Waals surface area contributed by atoms with Gasteiger partial charge in [-0.3, -0.25) is 9.78 Å². The third kappa shape index (κ3) is 5.67. The summed E-state index contributed by atoms with van der Waals surface area (Å²) in [5.74, 6) is 1.35. The lowest BCUT2D eigenvalue weighted by molar-refractivity contribution is 0.102. The molecule has 0 saturated heterocycles. The van der Waals surface area contributed by atoms with Crippen molar-refractivity contribution in [2.24, 2.45) is 11.7 Å². The van der Waals surface area contributed by atoms with Crippen molar-refractivity contribution in [3.8, 4) is 0 Å². The summed E-state index contributed by atoms with van der Waals surface area (Å²) >= 11 is 1.62. The summed E-state index contributed by atoms with van der Waals surface area (Å²) in [6.07, 6.45) is 13.0. The van der Waals surface area contributed by atoms with E-state index in [1.54, 1.807) is 23.7 Å². The van der Waals surface area contributed by atoms with Gasteiger partial charge in [0.05, 0.1) is 16.9 Å². The minimum Gasteiger partial charge on any atom is -0.328 e. The van der Waals surface area contributed by atoms with Crippen LogP contribution in [0.15, 0.2) is 23.8 Å². The van der Waals surface area contributed by atoms with Gasteiger partial charge in [-0.2, -0.15) is 0 Å². The smallest absolute Gasteiger partial charge is 0.275 e. The van der Waals surface area contributed by atoms with Crippen LogP contribution in [0.1, 0.15) is 105 Å². The Bertz CT molecular complexity index is 805. The van der Waals surface area contributed by atoms with E-state index in [1.165, 1.54) is 32.1 Å². The Hall–Kier alpha value is -1.79. The average Bonchev–Trinajstić information content (AvgIpc) is 3.26. The largest absolute Gasteiger partial charge is 0.328 e. The number of carbonyl (C=O) groups excluding carboxylic acids is 1. The normalized spacial score (nSPS) is 24.6. The lowest BCUT2D eigenvalue weighted by atomic mass is 9.76.